The lowest BCUT2D eigenvalue weighted by molar-refractivity contribution is 0.0852. The third-order valence-corrected chi connectivity index (χ3v) is 7.51. The Hall–Kier alpha value is -1.64. The topological polar surface area (TPSA) is 64.1 Å². The van der Waals surface area contributed by atoms with E-state index in [0.29, 0.717) is 10.2 Å². The molecule has 4 nitrogen and oxygen atoms in total. The smallest absolute Gasteiger partial charge is 0.277 e. The van der Waals surface area contributed by atoms with Gasteiger partial charge in [-0.1, -0.05) is 18.2 Å². The van der Waals surface area contributed by atoms with Crippen LogP contribution in [0.1, 0.15) is 16.6 Å². The van der Waals surface area contributed by atoms with Gasteiger partial charge in [0.1, 0.15) is 0 Å². The van der Waals surface area contributed by atoms with E-state index in [2.05, 4.69) is 4.98 Å². The number of carbonyl (C=O) groups is 1. The Bertz CT molecular complexity index is 910. The third-order valence-electron chi connectivity index (χ3n) is 3.16. The second-order valence-corrected chi connectivity index (χ2v) is 9.07. The highest BCUT2D eigenvalue weighted by Gasteiger charge is 2.50. The molecule has 0 aliphatic carbocycles. The summed E-state index contributed by atoms with van der Waals surface area (Å²) < 4.78 is 40.1. The van der Waals surface area contributed by atoms with Crippen LogP contribution in [-0.4, -0.2) is 24.2 Å². The summed E-state index contributed by atoms with van der Waals surface area (Å²) in [4.78, 5) is 16.2. The number of thiophene rings is 1. The van der Waals surface area contributed by atoms with Crippen molar-refractivity contribution < 1.29 is 17.6 Å². The van der Waals surface area contributed by atoms with Crippen molar-refractivity contribution in [2.75, 3.05) is 0 Å². The first-order valence-electron chi connectivity index (χ1n) is 6.21. The molecule has 8 heteroatoms. The quantitative estimate of drug-likeness (QED) is 0.670. The Morgan fingerprint density at radius 1 is 1.23 bits per heavy atom. The molecular weight excluding hydrogens is 345 g/mol. The van der Waals surface area contributed by atoms with Gasteiger partial charge in [-0.25, -0.2) is 17.8 Å². The number of benzene rings is 1. The number of hydrogen-bond acceptors (Lipinski definition) is 6. The third kappa shape index (κ3) is 2.27. The van der Waals surface area contributed by atoms with Crippen LogP contribution in [0.3, 0.4) is 0 Å². The predicted octanol–water partition coefficient (Wildman–Crippen LogP) is 3.70. The number of alkyl halides is 1. The zero-order valence-electron chi connectivity index (χ0n) is 11.3. The van der Waals surface area contributed by atoms with Gasteiger partial charge in [-0.3, -0.25) is 4.79 Å². The van der Waals surface area contributed by atoms with E-state index in [1.807, 2.05) is 0 Å². The maximum absolute atomic E-state index is 14.9. The summed E-state index contributed by atoms with van der Waals surface area (Å²) in [5.41, 5.74) is 0.463. The molecule has 0 fully saturated rings. The fraction of sp³-hybridized carbons (Fsp3) is 0.143. The molecule has 0 aliphatic rings. The van der Waals surface area contributed by atoms with Gasteiger partial charge in [-0.2, -0.15) is 0 Å². The highest BCUT2D eigenvalue weighted by atomic mass is 32.2. The number of carbonyl (C=O) groups excluding carboxylic acids is 1. The molecule has 0 N–H and O–H groups in total. The maximum Gasteiger partial charge on any atom is 0.277 e. The second-order valence-electron chi connectivity index (χ2n) is 4.67. The van der Waals surface area contributed by atoms with Gasteiger partial charge in [0.25, 0.3) is 5.00 Å². The van der Waals surface area contributed by atoms with E-state index in [-0.39, 0.29) is 9.22 Å². The summed E-state index contributed by atoms with van der Waals surface area (Å²) in [6, 6.07) is 9.76. The molecule has 0 radical (unpaired) electrons. The van der Waals surface area contributed by atoms with Crippen molar-refractivity contribution >= 4 is 48.5 Å². The zero-order chi connectivity index (χ0) is 16.0. The first-order chi connectivity index (χ1) is 10.3. The average molecular weight is 355 g/mol. The molecule has 2 heterocycles. The highest BCUT2D eigenvalue weighted by molar-refractivity contribution is 7.95. The summed E-state index contributed by atoms with van der Waals surface area (Å²) >= 11 is 1.86. The first-order valence-corrected chi connectivity index (χ1v) is 9.39. The molecule has 1 atom stereocenters. The van der Waals surface area contributed by atoms with Crippen molar-refractivity contribution in [3.8, 4) is 0 Å². The molecule has 0 amide bonds. The van der Waals surface area contributed by atoms with Gasteiger partial charge < -0.3 is 0 Å². The molecule has 3 aromatic rings. The van der Waals surface area contributed by atoms with E-state index in [4.69, 9.17) is 0 Å². The number of sulfone groups is 1. The summed E-state index contributed by atoms with van der Waals surface area (Å²) in [5, 5.41) is -1.46. The van der Waals surface area contributed by atoms with Crippen LogP contribution in [-0.2, 0) is 9.84 Å². The lowest BCUT2D eigenvalue weighted by atomic mass is 10.2. The molecule has 0 spiro atoms. The van der Waals surface area contributed by atoms with Crippen molar-refractivity contribution in [2.24, 2.45) is 0 Å². The standard InChI is InChI=1S/C14H10FNO3S3/c1-14(15,12(17)11-7-4-8-20-11)22(18,19)13-16-9-5-2-3-6-10(9)21-13/h2-8H,1H3. The minimum absolute atomic E-state index is 0.0645. The van der Waals surface area contributed by atoms with Crippen LogP contribution in [0.15, 0.2) is 46.1 Å². The number of fused-ring (bicyclic) bond motifs is 1. The van der Waals surface area contributed by atoms with Gasteiger partial charge in [-0.05, 0) is 30.5 Å². The van der Waals surface area contributed by atoms with Crippen molar-refractivity contribution in [1.82, 2.24) is 4.98 Å². The first kappa shape index (κ1) is 15.3. The Morgan fingerprint density at radius 3 is 2.59 bits per heavy atom. The number of thiazole rings is 1. The molecule has 22 heavy (non-hydrogen) atoms. The highest BCUT2D eigenvalue weighted by Crippen LogP contribution is 2.35. The number of aromatic nitrogens is 1. The molecule has 0 saturated heterocycles. The minimum Gasteiger partial charge on any atom is -0.288 e. The van der Waals surface area contributed by atoms with E-state index in [1.165, 1.54) is 6.07 Å². The van der Waals surface area contributed by atoms with Crippen molar-refractivity contribution in [1.29, 1.82) is 0 Å². The van der Waals surface area contributed by atoms with E-state index >= 15 is 0 Å². The van der Waals surface area contributed by atoms with E-state index in [9.17, 15) is 17.6 Å². The van der Waals surface area contributed by atoms with Crippen LogP contribution in [0.4, 0.5) is 4.39 Å². The van der Waals surface area contributed by atoms with Crippen molar-refractivity contribution in [2.45, 2.75) is 16.3 Å². The number of ketones is 1. The molecular formula is C14H10FNO3S3. The van der Waals surface area contributed by atoms with Gasteiger partial charge in [0.2, 0.25) is 20.0 Å². The fourth-order valence-electron chi connectivity index (χ4n) is 1.88. The van der Waals surface area contributed by atoms with Crippen LogP contribution in [0.2, 0.25) is 0 Å². The molecule has 3 rings (SSSR count). The fourth-order valence-corrected chi connectivity index (χ4v) is 5.48. The molecule has 0 bridgehead atoms. The number of halogens is 1. The summed E-state index contributed by atoms with van der Waals surface area (Å²) in [6.45, 7) is 0.774. The van der Waals surface area contributed by atoms with Crippen LogP contribution >= 0.6 is 22.7 Å². The van der Waals surface area contributed by atoms with Crippen molar-refractivity contribution in [3.63, 3.8) is 0 Å². The Morgan fingerprint density at radius 2 is 1.95 bits per heavy atom. The van der Waals surface area contributed by atoms with Gasteiger partial charge in [0, 0.05) is 0 Å². The molecule has 1 aromatic carbocycles. The molecule has 2 aromatic heterocycles. The maximum atomic E-state index is 14.9. The van der Waals surface area contributed by atoms with Gasteiger partial charge in [0.15, 0.2) is 0 Å². The SMILES string of the molecule is CC(F)(C(=O)c1cccs1)S(=O)(=O)c1nc2ccccc2s1. The van der Waals surface area contributed by atoms with Crippen LogP contribution in [0.25, 0.3) is 10.2 Å². The number of rotatable bonds is 4. The van der Waals surface area contributed by atoms with Crippen LogP contribution in [0, 0.1) is 0 Å². The summed E-state index contributed by atoms with van der Waals surface area (Å²) in [5.74, 6) is -1.07. The molecule has 1 unspecified atom stereocenters. The molecule has 114 valence electrons. The zero-order valence-corrected chi connectivity index (χ0v) is 13.8. The minimum atomic E-state index is -4.53. The lowest BCUT2D eigenvalue weighted by Crippen LogP contribution is -2.38. The van der Waals surface area contributed by atoms with E-state index < -0.39 is 20.6 Å². The van der Waals surface area contributed by atoms with Gasteiger partial charge in [-0.15, -0.1) is 22.7 Å². The van der Waals surface area contributed by atoms with E-state index in [1.54, 1.807) is 35.7 Å². The predicted molar refractivity (Wildman–Crippen MR) is 85.0 cm³/mol. The normalized spacial score (nSPS) is 14.8. The number of Topliss-reactive ketones (excluding diaryl/α,β-unsaturated/α-hetero) is 1. The van der Waals surface area contributed by atoms with E-state index in [0.717, 1.165) is 29.6 Å². The van der Waals surface area contributed by atoms with Gasteiger partial charge >= 0.3 is 0 Å². The van der Waals surface area contributed by atoms with Crippen LogP contribution in [0.5, 0.6) is 0 Å². The Kier molecular flexibility index (Phi) is 3.62. The van der Waals surface area contributed by atoms with Crippen LogP contribution < -0.4 is 0 Å². The molecule has 0 aliphatic heterocycles. The lowest BCUT2D eigenvalue weighted by Gasteiger charge is -2.16. The largest absolute Gasteiger partial charge is 0.288 e. The number of nitrogens with zero attached hydrogens (tertiary/aromatic N) is 1. The average Bonchev–Trinajstić information content (AvgIpc) is 3.15. The summed E-state index contributed by atoms with van der Waals surface area (Å²) in [6.07, 6.45) is 0. The Labute approximate surface area is 134 Å². The Balaban J connectivity index is 2.10. The molecule has 0 saturated carbocycles. The number of para-hydroxylation sites is 1. The second kappa shape index (κ2) is 5.22. The van der Waals surface area contributed by atoms with Crippen molar-refractivity contribution in [3.05, 3.63) is 46.7 Å². The summed E-state index contributed by atoms with van der Waals surface area (Å²) in [7, 11) is -4.53. The number of hydrogen-bond donors (Lipinski definition) is 0. The monoisotopic (exact) mass is 355 g/mol. The van der Waals surface area contributed by atoms with Gasteiger partial charge in [0.05, 0.1) is 15.1 Å².